The molecule has 0 amide bonds. The van der Waals surface area contributed by atoms with Gasteiger partial charge in [-0.2, -0.15) is 0 Å². The fraction of sp³-hybridized carbons (Fsp3) is 0.553. The van der Waals surface area contributed by atoms with Gasteiger partial charge in [0, 0.05) is 18.4 Å². The molecule has 312 valence electrons. The molecule has 0 N–H and O–H groups in total. The third-order valence-electron chi connectivity index (χ3n) is 12.9. The molecule has 11 atom stereocenters. The molecule has 0 unspecified atom stereocenters. The van der Waals surface area contributed by atoms with E-state index in [4.69, 9.17) is 42.3 Å². The maximum atomic E-state index is 14.1. The normalized spacial score (nSPS) is 33.8. The predicted octanol–water partition coefficient (Wildman–Crippen LogP) is 8.57. The van der Waals surface area contributed by atoms with E-state index in [1.807, 2.05) is 30.3 Å². The highest BCUT2D eigenvalue weighted by Gasteiger charge is 2.53. The summed E-state index contributed by atoms with van der Waals surface area (Å²) in [5, 5.41) is 2.28. The SMILES string of the molecule is COc1ccc([C@@H]2OC[C@H]3O[C@H]4CCC(=O)[C@H](C[C@H]5O[C@H]6CC=CCO[C@@H]6[C@@H](OCc6ccc7ccccc7c6)[C@@H]5O[Si](C)(C)C(C)(C)C)O[C@@H]4C/C=C\[C@@H]3O2)cc1. The second-order valence-electron chi connectivity index (χ2n) is 17.8. The third-order valence-corrected chi connectivity index (χ3v) is 17.3. The zero-order valence-corrected chi connectivity index (χ0v) is 35.8. The molecule has 0 aromatic heterocycles. The highest BCUT2D eigenvalue weighted by molar-refractivity contribution is 6.74. The Bertz CT molecular complexity index is 1920. The van der Waals surface area contributed by atoms with Crippen LogP contribution in [0.3, 0.4) is 0 Å². The molecule has 0 radical (unpaired) electrons. The standard InChI is InChI=1S/C47H60O10Si/c1-47(2,3)58(5,6)57-44-41(55-39-14-9-10-25-50-43(39)45(44)51-28-30-17-18-31-12-7-8-13-33(31)26-30)27-40-35(48)23-24-38-36(53-40)15-11-16-37-42(54-38)29-52-46(56-37)32-19-21-34(49-4)22-20-32/h7-13,16-22,26,36-46H,14-15,23-25,27-29H2,1-6H3/b16-11-/t36-,37+,38+,39+,40+,41-,42-,43+,44-,45-,46-/m1/s1. The molecule has 58 heavy (non-hydrogen) atoms. The number of fused-ring (bicyclic) bond motifs is 4. The Morgan fingerprint density at radius 1 is 0.793 bits per heavy atom. The summed E-state index contributed by atoms with van der Waals surface area (Å²) in [6, 6.07) is 22.5. The van der Waals surface area contributed by atoms with Gasteiger partial charge in [-0.25, -0.2) is 0 Å². The van der Waals surface area contributed by atoms with Crippen molar-refractivity contribution in [3.8, 4) is 5.75 Å². The van der Waals surface area contributed by atoms with Gasteiger partial charge in [0.05, 0.1) is 51.3 Å². The zero-order valence-electron chi connectivity index (χ0n) is 34.8. The molecule has 5 heterocycles. The van der Waals surface area contributed by atoms with Gasteiger partial charge >= 0.3 is 0 Å². The maximum Gasteiger partial charge on any atom is 0.192 e. The van der Waals surface area contributed by atoms with Crippen molar-refractivity contribution in [2.24, 2.45) is 0 Å². The third kappa shape index (κ3) is 9.23. The van der Waals surface area contributed by atoms with Crippen molar-refractivity contribution >= 4 is 24.9 Å². The van der Waals surface area contributed by atoms with E-state index in [9.17, 15) is 4.79 Å². The second kappa shape index (κ2) is 17.8. The maximum absolute atomic E-state index is 14.1. The van der Waals surface area contributed by atoms with E-state index >= 15 is 0 Å². The average Bonchev–Trinajstić information content (AvgIpc) is 3.52. The molecular formula is C47H60O10Si. The van der Waals surface area contributed by atoms with Gasteiger partial charge in [0.25, 0.3) is 0 Å². The largest absolute Gasteiger partial charge is 0.497 e. The second-order valence-corrected chi connectivity index (χ2v) is 22.6. The van der Waals surface area contributed by atoms with Crippen molar-refractivity contribution in [3.63, 3.8) is 0 Å². The van der Waals surface area contributed by atoms with Gasteiger partial charge in [-0.1, -0.05) is 93.6 Å². The summed E-state index contributed by atoms with van der Waals surface area (Å²) < 4.78 is 59.3. The smallest absolute Gasteiger partial charge is 0.192 e. The Kier molecular flexibility index (Phi) is 12.7. The van der Waals surface area contributed by atoms with Crippen LogP contribution >= 0.6 is 0 Å². The first-order valence-electron chi connectivity index (χ1n) is 21.1. The van der Waals surface area contributed by atoms with Crippen LogP contribution in [-0.4, -0.2) is 95.5 Å². The monoisotopic (exact) mass is 812 g/mol. The Balaban J connectivity index is 1.02. The number of ether oxygens (including phenoxy) is 8. The van der Waals surface area contributed by atoms with Crippen molar-refractivity contribution in [2.75, 3.05) is 20.3 Å². The molecule has 10 nitrogen and oxygen atoms in total. The van der Waals surface area contributed by atoms with Crippen LogP contribution in [0, 0.1) is 0 Å². The molecule has 3 aromatic rings. The number of Topliss-reactive ketones (excluding diaryl/α,β-unsaturated/α-hetero) is 1. The van der Waals surface area contributed by atoms with Crippen LogP contribution in [0.2, 0.25) is 18.1 Å². The molecule has 0 aliphatic carbocycles. The van der Waals surface area contributed by atoms with Gasteiger partial charge in [-0.15, -0.1) is 0 Å². The molecule has 0 spiro atoms. The van der Waals surface area contributed by atoms with Crippen molar-refractivity contribution < 1.29 is 47.1 Å². The average molecular weight is 813 g/mol. The lowest BCUT2D eigenvalue weighted by atomic mass is 9.89. The van der Waals surface area contributed by atoms with E-state index < -0.39 is 39.0 Å². The summed E-state index contributed by atoms with van der Waals surface area (Å²) in [6.07, 6.45) is 6.35. The summed E-state index contributed by atoms with van der Waals surface area (Å²) in [5.41, 5.74) is 1.99. The minimum absolute atomic E-state index is 0.0500. The van der Waals surface area contributed by atoms with Crippen LogP contribution in [0.15, 0.2) is 91.0 Å². The molecule has 11 heteroatoms. The fourth-order valence-corrected chi connectivity index (χ4v) is 9.83. The van der Waals surface area contributed by atoms with Crippen molar-refractivity contribution in [2.45, 2.75) is 145 Å². The number of benzene rings is 3. The number of ketones is 1. The summed E-state index contributed by atoms with van der Waals surface area (Å²) in [7, 11) is -0.738. The van der Waals surface area contributed by atoms with E-state index in [1.165, 1.54) is 10.8 Å². The molecule has 8 rings (SSSR count). The molecule has 5 aliphatic heterocycles. The van der Waals surface area contributed by atoms with Crippen LogP contribution in [0.1, 0.15) is 70.3 Å². The lowest BCUT2D eigenvalue weighted by Gasteiger charge is -2.50. The van der Waals surface area contributed by atoms with E-state index in [2.05, 4.69) is 94.6 Å². The Hall–Kier alpha value is -3.23. The Morgan fingerprint density at radius 2 is 1.59 bits per heavy atom. The van der Waals surface area contributed by atoms with E-state index in [0.717, 1.165) is 16.9 Å². The van der Waals surface area contributed by atoms with Gasteiger partial charge in [0.1, 0.15) is 42.4 Å². The van der Waals surface area contributed by atoms with Crippen LogP contribution < -0.4 is 4.74 Å². The van der Waals surface area contributed by atoms with Gasteiger partial charge in [0.15, 0.2) is 20.4 Å². The Labute approximate surface area is 344 Å². The summed E-state index contributed by atoms with van der Waals surface area (Å²) >= 11 is 0. The van der Waals surface area contributed by atoms with Crippen molar-refractivity contribution in [1.82, 2.24) is 0 Å². The molecule has 0 bridgehead atoms. The topological polar surface area (TPSA) is 100 Å². The molecular weight excluding hydrogens is 753 g/mol. The van der Waals surface area contributed by atoms with Crippen LogP contribution in [0.4, 0.5) is 0 Å². The molecule has 3 fully saturated rings. The first-order chi connectivity index (χ1) is 28.0. The number of carbonyl (C=O) groups excluding carboxylic acids is 1. The quantitative estimate of drug-likeness (QED) is 0.154. The molecule has 3 aromatic carbocycles. The van der Waals surface area contributed by atoms with Crippen LogP contribution in [0.5, 0.6) is 5.75 Å². The fourth-order valence-electron chi connectivity index (χ4n) is 8.51. The predicted molar refractivity (Wildman–Crippen MR) is 223 cm³/mol. The van der Waals surface area contributed by atoms with Crippen molar-refractivity contribution in [1.29, 1.82) is 0 Å². The van der Waals surface area contributed by atoms with Gasteiger partial charge < -0.3 is 42.3 Å². The highest BCUT2D eigenvalue weighted by atomic mass is 28.4. The lowest BCUT2D eigenvalue weighted by Crippen LogP contribution is -2.63. The van der Waals surface area contributed by atoms with Crippen LogP contribution in [0.25, 0.3) is 10.8 Å². The minimum Gasteiger partial charge on any atom is -0.497 e. The van der Waals surface area contributed by atoms with E-state index in [-0.39, 0.29) is 47.4 Å². The first kappa shape index (κ1) is 41.5. The molecule has 5 aliphatic rings. The Morgan fingerprint density at radius 3 is 2.38 bits per heavy atom. The number of methoxy groups -OCH3 is 1. The molecule has 3 saturated heterocycles. The zero-order chi connectivity index (χ0) is 40.4. The molecule has 0 saturated carbocycles. The van der Waals surface area contributed by atoms with Gasteiger partial charge in [-0.05, 0) is 71.9 Å². The number of hydrogen-bond acceptors (Lipinski definition) is 10. The minimum atomic E-state index is -2.39. The number of hydrogen-bond donors (Lipinski definition) is 0. The first-order valence-corrected chi connectivity index (χ1v) is 24.0. The summed E-state index contributed by atoms with van der Waals surface area (Å²) in [6.45, 7) is 12.5. The van der Waals surface area contributed by atoms with Gasteiger partial charge in [0.2, 0.25) is 0 Å². The number of carbonyl (C=O) groups is 1. The lowest BCUT2D eigenvalue weighted by molar-refractivity contribution is -0.269. The summed E-state index contributed by atoms with van der Waals surface area (Å²) in [5.74, 6) is 0.825. The van der Waals surface area contributed by atoms with E-state index in [0.29, 0.717) is 51.9 Å². The number of rotatable bonds is 9. The summed E-state index contributed by atoms with van der Waals surface area (Å²) in [4.78, 5) is 14.1. The highest BCUT2D eigenvalue weighted by Crippen LogP contribution is 2.43. The van der Waals surface area contributed by atoms with Gasteiger partial charge in [-0.3, -0.25) is 4.79 Å². The van der Waals surface area contributed by atoms with Crippen LogP contribution in [-0.2, 0) is 49.0 Å². The van der Waals surface area contributed by atoms with E-state index in [1.54, 1.807) is 7.11 Å². The van der Waals surface area contributed by atoms with Crippen molar-refractivity contribution in [3.05, 3.63) is 102 Å².